The zero-order valence-corrected chi connectivity index (χ0v) is 14.0. The molecule has 3 N–H and O–H groups in total. The van der Waals surface area contributed by atoms with Gasteiger partial charge >= 0.3 is 11.9 Å². The van der Waals surface area contributed by atoms with E-state index in [1.165, 1.54) is 0 Å². The molecule has 1 fully saturated rings. The molecule has 1 aromatic rings. The van der Waals surface area contributed by atoms with E-state index < -0.39 is 11.9 Å². The Balaban J connectivity index is 0.000000333. The van der Waals surface area contributed by atoms with E-state index >= 15 is 0 Å². The van der Waals surface area contributed by atoms with Crippen molar-refractivity contribution >= 4 is 11.9 Å². The molecule has 0 bridgehead atoms. The number of para-hydroxylation sites is 2. The topological polar surface area (TPSA) is 114 Å². The smallest absolute Gasteiger partial charge is 0.328 e. The Labute approximate surface area is 146 Å². The summed E-state index contributed by atoms with van der Waals surface area (Å²) in [5.41, 5.74) is 0. The van der Waals surface area contributed by atoms with Crippen LogP contribution in [-0.2, 0) is 14.3 Å². The molecule has 0 saturated carbocycles. The van der Waals surface area contributed by atoms with Crippen molar-refractivity contribution in [2.45, 2.75) is 13.0 Å². The van der Waals surface area contributed by atoms with Crippen LogP contribution in [0.4, 0.5) is 0 Å². The minimum atomic E-state index is -1.26. The average Bonchev–Trinajstić information content (AvgIpc) is 2.61. The third kappa shape index (κ3) is 9.33. The van der Waals surface area contributed by atoms with Gasteiger partial charge in [-0.25, -0.2) is 9.59 Å². The van der Waals surface area contributed by atoms with Crippen LogP contribution in [0, 0.1) is 0 Å². The summed E-state index contributed by atoms with van der Waals surface area (Å²) in [6.45, 7) is 5.67. The molecule has 1 heterocycles. The highest BCUT2D eigenvalue weighted by atomic mass is 16.5. The van der Waals surface area contributed by atoms with Crippen LogP contribution in [0.15, 0.2) is 36.4 Å². The first-order valence-corrected chi connectivity index (χ1v) is 7.83. The van der Waals surface area contributed by atoms with Gasteiger partial charge < -0.3 is 29.7 Å². The fraction of sp³-hybridized carbons (Fsp3) is 0.412. The summed E-state index contributed by atoms with van der Waals surface area (Å²) >= 11 is 0. The van der Waals surface area contributed by atoms with Gasteiger partial charge in [0, 0.05) is 25.2 Å². The third-order valence-corrected chi connectivity index (χ3v) is 2.95. The third-order valence-electron chi connectivity index (χ3n) is 2.95. The van der Waals surface area contributed by atoms with Gasteiger partial charge in [0.2, 0.25) is 0 Å². The number of carbonyl (C=O) groups is 2. The van der Waals surface area contributed by atoms with Gasteiger partial charge in [0.05, 0.1) is 13.2 Å². The summed E-state index contributed by atoms with van der Waals surface area (Å²) in [4.78, 5) is 19.1. The molecule has 1 aliphatic rings. The molecule has 1 aliphatic heterocycles. The van der Waals surface area contributed by atoms with Gasteiger partial charge in [-0.1, -0.05) is 12.1 Å². The lowest BCUT2D eigenvalue weighted by molar-refractivity contribution is -0.134. The molecule has 25 heavy (non-hydrogen) atoms. The molecule has 1 aromatic carbocycles. The molecule has 0 unspecified atom stereocenters. The fourth-order valence-electron chi connectivity index (χ4n) is 1.90. The molecule has 2 rings (SSSR count). The first-order chi connectivity index (χ1) is 12.0. The minimum absolute atomic E-state index is 0.124. The normalized spacial score (nSPS) is 16.6. The second-order valence-corrected chi connectivity index (χ2v) is 4.90. The van der Waals surface area contributed by atoms with Crippen LogP contribution in [0.5, 0.6) is 11.5 Å². The maximum Gasteiger partial charge on any atom is 0.328 e. The second kappa shape index (κ2) is 11.9. The molecular weight excluding hydrogens is 330 g/mol. The summed E-state index contributed by atoms with van der Waals surface area (Å²) < 4.78 is 16.8. The van der Waals surface area contributed by atoms with Gasteiger partial charge in [0.1, 0.15) is 12.7 Å². The SMILES string of the molecule is CCOc1ccccc1OC[C@@H]1CNCCO1.O=C(O)/C=C/C(=O)O. The Kier molecular flexibility index (Phi) is 9.72. The van der Waals surface area contributed by atoms with Crippen LogP contribution in [0.2, 0.25) is 0 Å². The highest BCUT2D eigenvalue weighted by Gasteiger charge is 2.14. The lowest BCUT2D eigenvalue weighted by Gasteiger charge is -2.24. The van der Waals surface area contributed by atoms with E-state index in [0.29, 0.717) is 25.4 Å². The molecule has 8 nitrogen and oxygen atoms in total. The summed E-state index contributed by atoms with van der Waals surface area (Å²) in [6, 6.07) is 7.72. The monoisotopic (exact) mass is 353 g/mol. The molecule has 0 aliphatic carbocycles. The molecule has 0 amide bonds. The van der Waals surface area contributed by atoms with Crippen molar-refractivity contribution in [3.05, 3.63) is 36.4 Å². The Morgan fingerprint density at radius 3 is 2.28 bits per heavy atom. The first-order valence-electron chi connectivity index (χ1n) is 7.83. The summed E-state index contributed by atoms with van der Waals surface area (Å²) in [6.07, 6.45) is 1.24. The highest BCUT2D eigenvalue weighted by molar-refractivity contribution is 5.89. The van der Waals surface area contributed by atoms with Gasteiger partial charge in [0.25, 0.3) is 0 Å². The fourth-order valence-corrected chi connectivity index (χ4v) is 1.90. The van der Waals surface area contributed by atoms with Crippen molar-refractivity contribution in [2.24, 2.45) is 0 Å². The van der Waals surface area contributed by atoms with Crippen molar-refractivity contribution < 1.29 is 34.0 Å². The first kappa shape index (κ1) is 20.5. The number of nitrogens with one attached hydrogen (secondary N) is 1. The Bertz CT molecular complexity index is 552. The number of ether oxygens (including phenoxy) is 3. The molecule has 0 spiro atoms. The van der Waals surface area contributed by atoms with Gasteiger partial charge in [-0.05, 0) is 19.1 Å². The van der Waals surface area contributed by atoms with Crippen LogP contribution in [0.1, 0.15) is 6.92 Å². The Morgan fingerprint density at radius 2 is 1.80 bits per heavy atom. The summed E-state index contributed by atoms with van der Waals surface area (Å²) in [5, 5.41) is 18.9. The molecular formula is C17H23NO7. The number of carboxylic acids is 2. The number of morpholine rings is 1. The number of benzene rings is 1. The number of aliphatic carboxylic acids is 2. The Hall–Kier alpha value is -2.58. The lowest BCUT2D eigenvalue weighted by atomic mass is 10.3. The van der Waals surface area contributed by atoms with Crippen molar-refractivity contribution in [1.82, 2.24) is 5.32 Å². The van der Waals surface area contributed by atoms with Gasteiger partial charge in [-0.2, -0.15) is 0 Å². The van der Waals surface area contributed by atoms with E-state index in [1.807, 2.05) is 31.2 Å². The van der Waals surface area contributed by atoms with Gasteiger partial charge in [-0.3, -0.25) is 0 Å². The standard InChI is InChI=1S/C13H19NO3.C4H4O4/c1-2-15-12-5-3-4-6-13(12)17-10-11-9-14-7-8-16-11;5-3(6)1-2-4(7)8/h3-6,11,14H,2,7-10H2,1H3;1-2H,(H,5,6)(H,7,8)/b;2-1+/t11-;/m0./s1. The van der Waals surface area contributed by atoms with Crippen LogP contribution >= 0.6 is 0 Å². The Morgan fingerprint density at radius 1 is 1.20 bits per heavy atom. The molecule has 1 atom stereocenters. The largest absolute Gasteiger partial charge is 0.490 e. The summed E-state index contributed by atoms with van der Waals surface area (Å²) in [5.74, 6) is -0.943. The second-order valence-electron chi connectivity index (χ2n) is 4.90. The molecule has 0 aromatic heterocycles. The number of hydrogen-bond donors (Lipinski definition) is 3. The molecule has 8 heteroatoms. The van der Waals surface area contributed by atoms with E-state index in [1.54, 1.807) is 0 Å². The number of rotatable bonds is 7. The predicted octanol–water partition coefficient (Wildman–Crippen LogP) is 1.16. The zero-order chi connectivity index (χ0) is 18.5. The minimum Gasteiger partial charge on any atom is -0.490 e. The van der Waals surface area contributed by atoms with Crippen molar-refractivity contribution in [3.63, 3.8) is 0 Å². The quantitative estimate of drug-likeness (QED) is 0.626. The maximum absolute atomic E-state index is 9.55. The predicted molar refractivity (Wildman–Crippen MR) is 90.1 cm³/mol. The van der Waals surface area contributed by atoms with E-state index in [4.69, 9.17) is 24.4 Å². The van der Waals surface area contributed by atoms with Crippen LogP contribution in [-0.4, -0.2) is 61.2 Å². The zero-order valence-electron chi connectivity index (χ0n) is 14.0. The van der Waals surface area contributed by atoms with E-state index in [-0.39, 0.29) is 6.10 Å². The number of carboxylic acid groups (broad SMARTS) is 2. The van der Waals surface area contributed by atoms with Crippen LogP contribution in [0.3, 0.4) is 0 Å². The highest BCUT2D eigenvalue weighted by Crippen LogP contribution is 2.26. The van der Waals surface area contributed by atoms with Crippen molar-refractivity contribution in [2.75, 3.05) is 32.9 Å². The van der Waals surface area contributed by atoms with E-state index in [9.17, 15) is 9.59 Å². The van der Waals surface area contributed by atoms with Crippen LogP contribution in [0.25, 0.3) is 0 Å². The van der Waals surface area contributed by atoms with E-state index in [0.717, 1.165) is 31.2 Å². The lowest BCUT2D eigenvalue weighted by Crippen LogP contribution is -2.41. The number of hydrogen-bond acceptors (Lipinski definition) is 6. The molecule has 138 valence electrons. The molecule has 1 saturated heterocycles. The summed E-state index contributed by atoms with van der Waals surface area (Å²) in [7, 11) is 0. The van der Waals surface area contributed by atoms with Crippen LogP contribution < -0.4 is 14.8 Å². The van der Waals surface area contributed by atoms with E-state index in [2.05, 4.69) is 5.32 Å². The van der Waals surface area contributed by atoms with Gasteiger partial charge in [-0.15, -0.1) is 0 Å². The maximum atomic E-state index is 9.55. The van der Waals surface area contributed by atoms with Crippen molar-refractivity contribution in [3.8, 4) is 11.5 Å². The average molecular weight is 353 g/mol. The van der Waals surface area contributed by atoms with Crippen molar-refractivity contribution in [1.29, 1.82) is 0 Å². The van der Waals surface area contributed by atoms with Gasteiger partial charge in [0.15, 0.2) is 11.5 Å². The molecule has 0 radical (unpaired) electrons.